The first kappa shape index (κ1) is 26.0. The molecular formula is C19H31FN3O6PS. The molecule has 0 amide bonds. The number of alkyl halides is 1. The van der Waals surface area contributed by atoms with E-state index in [4.69, 9.17) is 24.0 Å². The molecule has 0 aromatic rings. The molecule has 9 nitrogen and oxygen atoms in total. The molecular weight excluding hydrogens is 448 g/mol. The number of aliphatic imine (C=N–C) groups is 1. The Balaban J connectivity index is 2.15. The van der Waals surface area contributed by atoms with Crippen LogP contribution in [0.4, 0.5) is 4.39 Å². The summed E-state index contributed by atoms with van der Waals surface area (Å²) in [6.45, 7) is 12.5. The van der Waals surface area contributed by atoms with E-state index in [-0.39, 0.29) is 22.7 Å². The Kier molecular flexibility index (Phi) is 8.16. The van der Waals surface area contributed by atoms with Gasteiger partial charge in [-0.3, -0.25) is 18.4 Å². The van der Waals surface area contributed by atoms with Gasteiger partial charge >= 0.3 is 7.82 Å². The number of hydrogen-bond donors (Lipinski definition) is 1. The molecule has 1 fully saturated rings. The fourth-order valence-corrected chi connectivity index (χ4v) is 5.04. The molecule has 1 saturated heterocycles. The summed E-state index contributed by atoms with van der Waals surface area (Å²) in [5, 5.41) is -0.156. The fraction of sp³-hybridized carbons (Fsp3) is 0.684. The first-order valence-corrected chi connectivity index (χ1v) is 12.2. The highest BCUT2D eigenvalue weighted by Crippen LogP contribution is 2.55. The predicted octanol–water partition coefficient (Wildman–Crippen LogP) is 3.93. The van der Waals surface area contributed by atoms with E-state index in [1.807, 2.05) is 0 Å². The topological polar surface area (TPSA) is 113 Å². The lowest BCUT2D eigenvalue weighted by atomic mass is 9.95. The van der Waals surface area contributed by atoms with Gasteiger partial charge in [-0.2, -0.15) is 0 Å². The van der Waals surface area contributed by atoms with Crippen molar-refractivity contribution in [3.05, 3.63) is 24.7 Å². The van der Waals surface area contributed by atoms with Crippen molar-refractivity contribution in [2.75, 3.05) is 13.0 Å². The Morgan fingerprint density at radius 3 is 2.68 bits per heavy atom. The highest BCUT2D eigenvalue weighted by atomic mass is 32.2. The Bertz CT molecular complexity index is 817. The van der Waals surface area contributed by atoms with Crippen LogP contribution in [0, 0.1) is 5.41 Å². The molecule has 0 bridgehead atoms. The van der Waals surface area contributed by atoms with Crippen molar-refractivity contribution in [3.63, 3.8) is 0 Å². The second-order valence-corrected chi connectivity index (χ2v) is 11.0. The number of phosphoric ester groups is 1. The lowest BCUT2D eigenvalue weighted by Crippen LogP contribution is -2.41. The summed E-state index contributed by atoms with van der Waals surface area (Å²) in [7, 11) is -3.05. The molecule has 0 spiro atoms. The van der Waals surface area contributed by atoms with Crippen molar-refractivity contribution in [1.82, 2.24) is 4.90 Å². The maximum absolute atomic E-state index is 15.5. The van der Waals surface area contributed by atoms with Gasteiger partial charge in [-0.05, 0) is 19.4 Å². The van der Waals surface area contributed by atoms with E-state index in [9.17, 15) is 9.36 Å². The normalized spacial score (nSPS) is 30.9. The van der Waals surface area contributed by atoms with Gasteiger partial charge in [-0.25, -0.2) is 13.9 Å². The second kappa shape index (κ2) is 9.72. The van der Waals surface area contributed by atoms with Gasteiger partial charge in [0, 0.05) is 18.7 Å². The van der Waals surface area contributed by atoms with Gasteiger partial charge in [0.2, 0.25) is 0 Å². The van der Waals surface area contributed by atoms with E-state index >= 15 is 4.39 Å². The van der Waals surface area contributed by atoms with Crippen molar-refractivity contribution in [1.29, 1.82) is 0 Å². The zero-order valence-corrected chi connectivity index (χ0v) is 20.4. The third kappa shape index (κ3) is 5.97. The quantitative estimate of drug-likeness (QED) is 0.409. The number of carbonyl (C=O) groups is 1. The van der Waals surface area contributed by atoms with Crippen LogP contribution in [0.1, 0.15) is 41.0 Å². The Hall–Kier alpha value is -1.23. The number of thioether (sulfide) groups is 1. The van der Waals surface area contributed by atoms with Crippen LogP contribution in [-0.2, 0) is 27.7 Å². The van der Waals surface area contributed by atoms with Gasteiger partial charge in [0.05, 0.1) is 5.60 Å². The van der Waals surface area contributed by atoms with Crippen LogP contribution < -0.4 is 5.73 Å². The minimum Gasteiger partial charge on any atom is -0.384 e. The van der Waals surface area contributed by atoms with Gasteiger partial charge in [0.1, 0.15) is 23.7 Å². The molecule has 31 heavy (non-hydrogen) atoms. The standard InChI is InChI=1S/C19H31FN3O6PS/c1-8-19(6)15(14(20)16(28-19)23-10-9-13(21)22-12(23)2)29-30(25,26-7)27-11-31-17(24)18(3,4)5/h9-10,14-16H,2,8,11H2,1,3-7H3,(H2,21,22)/t14-,15+,16?,19+,30?/m1/s1. The molecule has 2 N–H and O–H groups in total. The average molecular weight is 480 g/mol. The molecule has 0 saturated carbocycles. The van der Waals surface area contributed by atoms with Crippen molar-refractivity contribution in [2.24, 2.45) is 16.1 Å². The minimum absolute atomic E-state index is 0.156. The van der Waals surface area contributed by atoms with Gasteiger partial charge < -0.3 is 15.4 Å². The van der Waals surface area contributed by atoms with Crippen LogP contribution in [0.2, 0.25) is 0 Å². The van der Waals surface area contributed by atoms with Crippen LogP contribution in [-0.4, -0.2) is 53.0 Å². The zero-order valence-electron chi connectivity index (χ0n) is 18.7. The first-order valence-electron chi connectivity index (χ1n) is 9.74. The lowest BCUT2D eigenvalue weighted by molar-refractivity contribution is -0.117. The number of ether oxygens (including phenoxy) is 1. The number of hydrogen-bond acceptors (Lipinski definition) is 10. The van der Waals surface area contributed by atoms with E-state index in [1.54, 1.807) is 34.6 Å². The number of amidine groups is 1. The average Bonchev–Trinajstić information content (AvgIpc) is 2.92. The maximum Gasteiger partial charge on any atom is 0.475 e. The second-order valence-electron chi connectivity index (χ2n) is 8.38. The highest BCUT2D eigenvalue weighted by Gasteiger charge is 2.57. The number of halogens is 1. The van der Waals surface area contributed by atoms with Crippen molar-refractivity contribution in [2.45, 2.75) is 65.1 Å². The molecule has 5 atom stereocenters. The Morgan fingerprint density at radius 2 is 2.16 bits per heavy atom. The maximum atomic E-state index is 15.5. The van der Waals surface area contributed by atoms with Gasteiger partial charge in [0.25, 0.3) is 0 Å². The molecule has 0 aliphatic carbocycles. The van der Waals surface area contributed by atoms with Gasteiger partial charge in [0.15, 0.2) is 17.5 Å². The smallest absolute Gasteiger partial charge is 0.384 e. The molecule has 176 valence electrons. The van der Waals surface area contributed by atoms with Crippen LogP contribution in [0.15, 0.2) is 29.7 Å². The first-order chi connectivity index (χ1) is 14.3. The lowest BCUT2D eigenvalue weighted by Gasteiger charge is -2.31. The van der Waals surface area contributed by atoms with E-state index in [1.165, 1.54) is 17.2 Å². The molecule has 2 unspecified atom stereocenters. The zero-order chi connectivity index (χ0) is 23.6. The monoisotopic (exact) mass is 479 g/mol. The van der Waals surface area contributed by atoms with Crippen molar-refractivity contribution < 1.29 is 32.1 Å². The molecule has 0 aromatic heterocycles. The number of rotatable bonds is 8. The third-order valence-corrected chi connectivity index (χ3v) is 7.63. The summed E-state index contributed by atoms with van der Waals surface area (Å²) in [4.78, 5) is 17.5. The summed E-state index contributed by atoms with van der Waals surface area (Å²) in [5.74, 6) is 0.174. The van der Waals surface area contributed by atoms with Gasteiger partial charge in [-0.1, -0.05) is 46.0 Å². The summed E-state index contributed by atoms with van der Waals surface area (Å²) in [5.41, 5.74) is 3.90. The van der Waals surface area contributed by atoms with Crippen LogP contribution in [0.3, 0.4) is 0 Å². The molecule has 0 aromatic carbocycles. The van der Waals surface area contributed by atoms with E-state index in [0.717, 1.165) is 18.9 Å². The van der Waals surface area contributed by atoms with E-state index in [0.29, 0.717) is 6.42 Å². The largest absolute Gasteiger partial charge is 0.475 e. The third-order valence-electron chi connectivity index (χ3n) is 4.97. The SMILES string of the molecule is C=C1N=C(N)C=CN1C1O[C@@](C)(CC)[C@@H](OP(=O)(OC)OCSC(=O)C(C)(C)C)[C@H]1F. The fourth-order valence-electron chi connectivity index (χ4n) is 2.90. The van der Waals surface area contributed by atoms with Crippen LogP contribution in [0.25, 0.3) is 0 Å². The molecule has 2 aliphatic rings. The molecule has 12 heteroatoms. The summed E-state index contributed by atoms with van der Waals surface area (Å²) < 4.78 is 50.3. The van der Waals surface area contributed by atoms with Crippen LogP contribution in [0.5, 0.6) is 0 Å². The number of nitrogens with two attached hydrogens (primary N) is 1. The number of carbonyl (C=O) groups excluding carboxylic acids is 1. The Morgan fingerprint density at radius 1 is 1.52 bits per heavy atom. The van der Waals surface area contributed by atoms with Crippen LogP contribution >= 0.6 is 19.6 Å². The van der Waals surface area contributed by atoms with E-state index in [2.05, 4.69) is 11.6 Å². The molecule has 0 radical (unpaired) electrons. The Labute approximate surface area is 186 Å². The molecule has 2 aliphatic heterocycles. The van der Waals surface area contributed by atoms with Crippen molar-refractivity contribution in [3.8, 4) is 0 Å². The van der Waals surface area contributed by atoms with Gasteiger partial charge in [-0.15, -0.1) is 0 Å². The number of nitrogens with zero attached hydrogens (tertiary/aromatic N) is 2. The molecule has 2 heterocycles. The highest BCUT2D eigenvalue weighted by molar-refractivity contribution is 8.13. The predicted molar refractivity (Wildman–Crippen MR) is 118 cm³/mol. The summed E-state index contributed by atoms with van der Waals surface area (Å²) in [6, 6.07) is 0. The van der Waals surface area contributed by atoms with E-state index < -0.39 is 37.3 Å². The molecule has 2 rings (SSSR count). The summed E-state index contributed by atoms with van der Waals surface area (Å²) >= 11 is 0.840. The minimum atomic E-state index is -4.18. The number of phosphoric acid groups is 1. The summed E-state index contributed by atoms with van der Waals surface area (Å²) in [6.07, 6.45) is -0.781. The van der Waals surface area contributed by atoms with Crippen molar-refractivity contribution >= 4 is 30.5 Å².